The van der Waals surface area contributed by atoms with Gasteiger partial charge in [-0.3, -0.25) is 9.11 Å². The second kappa shape index (κ2) is 17.8. The first kappa shape index (κ1) is 25.7. The van der Waals surface area contributed by atoms with Gasteiger partial charge in [0, 0.05) is 13.1 Å². The fourth-order valence-electron chi connectivity index (χ4n) is 1.36. The van der Waals surface area contributed by atoms with Crippen LogP contribution in [0.4, 0.5) is 0 Å². The summed E-state index contributed by atoms with van der Waals surface area (Å²) in [6, 6.07) is 0. The fraction of sp³-hybridized carbons (Fsp3) is 1.00. The van der Waals surface area contributed by atoms with Gasteiger partial charge in [0.1, 0.15) is 0 Å². The van der Waals surface area contributed by atoms with Crippen LogP contribution in [0.15, 0.2) is 0 Å². The molecule has 0 aromatic rings. The molecule has 0 atom stereocenters. The summed E-state index contributed by atoms with van der Waals surface area (Å²) in [4.78, 5) is 4.36. The van der Waals surface area contributed by atoms with Gasteiger partial charge in [0.2, 0.25) is 0 Å². The van der Waals surface area contributed by atoms with Gasteiger partial charge in [-0.15, -0.1) is 0 Å². The zero-order valence-corrected chi connectivity index (χ0v) is 14.4. The molecule has 0 aliphatic carbocycles. The van der Waals surface area contributed by atoms with E-state index in [9.17, 15) is 0 Å². The summed E-state index contributed by atoms with van der Waals surface area (Å²) < 4.78 is 31.6. The van der Waals surface area contributed by atoms with E-state index in [4.69, 9.17) is 27.7 Å². The lowest BCUT2D eigenvalue weighted by Crippen LogP contribution is -2.25. The molecule has 0 saturated carbocycles. The maximum Gasteiger partial charge on any atom is 0.394 e. The quantitative estimate of drug-likeness (QED) is 0.458. The van der Waals surface area contributed by atoms with E-state index < -0.39 is 10.4 Å². The van der Waals surface area contributed by atoms with Crippen LogP contribution in [0.2, 0.25) is 0 Å². The van der Waals surface area contributed by atoms with Gasteiger partial charge in [-0.1, -0.05) is 27.7 Å². The first-order chi connectivity index (χ1) is 9.69. The average Bonchev–Trinajstić information content (AvgIpc) is 2.41. The van der Waals surface area contributed by atoms with E-state index in [1.165, 1.54) is 0 Å². The van der Waals surface area contributed by atoms with Crippen molar-refractivity contribution in [1.29, 1.82) is 0 Å². The van der Waals surface area contributed by atoms with Crippen LogP contribution in [0.1, 0.15) is 27.7 Å². The maximum atomic E-state index is 8.74. The Morgan fingerprint density at radius 2 is 0.905 bits per heavy atom. The second-order valence-electron chi connectivity index (χ2n) is 3.95. The Morgan fingerprint density at radius 1 is 0.714 bits per heavy atom. The van der Waals surface area contributed by atoms with Crippen molar-refractivity contribution in [2.75, 3.05) is 52.5 Å². The minimum Gasteiger partial charge on any atom is -0.395 e. The molecule has 21 heavy (non-hydrogen) atoms. The van der Waals surface area contributed by atoms with Crippen molar-refractivity contribution in [3.63, 3.8) is 0 Å². The minimum absolute atomic E-state index is 0.279. The SMILES string of the molecule is CCN(CC)CCO.CCN(CC)CCO.O=S(=O)(O)O. The molecular weight excluding hydrogens is 300 g/mol. The van der Waals surface area contributed by atoms with Crippen molar-refractivity contribution in [2.45, 2.75) is 27.7 Å². The zero-order valence-electron chi connectivity index (χ0n) is 13.6. The highest BCUT2D eigenvalue weighted by molar-refractivity contribution is 7.79. The normalized spacial score (nSPS) is 10.8. The molecule has 0 aliphatic rings. The third-order valence-electron chi connectivity index (χ3n) is 2.62. The summed E-state index contributed by atoms with van der Waals surface area (Å²) in [6.45, 7) is 14.7. The number of aliphatic hydroxyl groups excluding tert-OH is 2. The van der Waals surface area contributed by atoms with E-state index in [2.05, 4.69) is 37.5 Å². The summed E-state index contributed by atoms with van der Waals surface area (Å²) in [5, 5.41) is 16.9. The Hall–Kier alpha value is -0.290. The molecule has 0 aliphatic heterocycles. The van der Waals surface area contributed by atoms with Crippen LogP contribution in [0.3, 0.4) is 0 Å². The highest BCUT2D eigenvalue weighted by Crippen LogP contribution is 1.83. The molecule has 0 heterocycles. The molecule has 4 N–H and O–H groups in total. The molecular formula is C12H32N2O6S. The Bertz CT molecular complexity index is 257. The van der Waals surface area contributed by atoms with E-state index >= 15 is 0 Å². The lowest BCUT2D eigenvalue weighted by Gasteiger charge is -2.15. The molecule has 0 aromatic carbocycles. The predicted octanol–water partition coefficient (Wildman–Crippen LogP) is -0.0118. The molecule has 0 spiro atoms. The summed E-state index contributed by atoms with van der Waals surface area (Å²) >= 11 is 0. The molecule has 0 radical (unpaired) electrons. The van der Waals surface area contributed by atoms with E-state index in [-0.39, 0.29) is 13.2 Å². The molecule has 0 bridgehead atoms. The number of rotatable bonds is 8. The van der Waals surface area contributed by atoms with Crippen molar-refractivity contribution >= 4 is 10.4 Å². The van der Waals surface area contributed by atoms with Crippen molar-refractivity contribution in [3.05, 3.63) is 0 Å². The molecule has 0 fully saturated rings. The molecule has 0 unspecified atom stereocenters. The molecule has 9 heteroatoms. The first-order valence-electron chi connectivity index (χ1n) is 7.06. The highest BCUT2D eigenvalue weighted by atomic mass is 32.3. The van der Waals surface area contributed by atoms with Gasteiger partial charge in [-0.2, -0.15) is 8.42 Å². The summed E-state index contributed by atoms with van der Waals surface area (Å²) in [7, 11) is -4.67. The van der Waals surface area contributed by atoms with Crippen LogP contribution in [0, 0.1) is 0 Å². The van der Waals surface area contributed by atoms with Gasteiger partial charge in [-0.25, -0.2) is 0 Å². The minimum atomic E-state index is -4.67. The predicted molar refractivity (Wildman–Crippen MR) is 83.9 cm³/mol. The van der Waals surface area contributed by atoms with Gasteiger partial charge in [-0.05, 0) is 26.2 Å². The van der Waals surface area contributed by atoms with Crippen molar-refractivity contribution in [2.24, 2.45) is 0 Å². The zero-order chi connectivity index (χ0) is 17.3. The van der Waals surface area contributed by atoms with Crippen LogP contribution < -0.4 is 0 Å². The van der Waals surface area contributed by atoms with Crippen LogP contribution in [-0.2, 0) is 10.4 Å². The van der Waals surface area contributed by atoms with Crippen LogP contribution >= 0.6 is 0 Å². The lowest BCUT2D eigenvalue weighted by molar-refractivity contribution is 0.208. The van der Waals surface area contributed by atoms with Gasteiger partial charge >= 0.3 is 10.4 Å². The second-order valence-corrected chi connectivity index (χ2v) is 4.84. The number of nitrogens with zero attached hydrogens (tertiary/aromatic N) is 2. The smallest absolute Gasteiger partial charge is 0.394 e. The van der Waals surface area contributed by atoms with Crippen molar-refractivity contribution in [3.8, 4) is 0 Å². The van der Waals surface area contributed by atoms with Gasteiger partial charge in [0.15, 0.2) is 0 Å². The summed E-state index contributed by atoms with van der Waals surface area (Å²) in [6.07, 6.45) is 0. The number of aliphatic hydroxyl groups is 2. The molecule has 0 rings (SSSR count). The number of hydrogen-bond acceptors (Lipinski definition) is 6. The molecule has 8 nitrogen and oxygen atoms in total. The molecule has 132 valence electrons. The molecule has 0 aromatic heterocycles. The summed E-state index contributed by atoms with van der Waals surface area (Å²) in [5.41, 5.74) is 0. The van der Waals surface area contributed by atoms with Gasteiger partial charge in [0.25, 0.3) is 0 Å². The van der Waals surface area contributed by atoms with Gasteiger partial charge < -0.3 is 20.0 Å². The third-order valence-corrected chi connectivity index (χ3v) is 2.62. The molecule has 0 saturated heterocycles. The number of likely N-dealkylation sites (N-methyl/N-ethyl adjacent to an activating group) is 2. The van der Waals surface area contributed by atoms with E-state index in [0.717, 1.165) is 39.3 Å². The Kier molecular flexibility index (Phi) is 21.7. The molecule has 0 amide bonds. The monoisotopic (exact) mass is 332 g/mol. The van der Waals surface area contributed by atoms with E-state index in [1.54, 1.807) is 0 Å². The Labute approximate surface area is 129 Å². The topological polar surface area (TPSA) is 122 Å². The fourth-order valence-corrected chi connectivity index (χ4v) is 1.36. The third kappa shape index (κ3) is 32.9. The summed E-state index contributed by atoms with van der Waals surface area (Å²) in [5.74, 6) is 0. The highest BCUT2D eigenvalue weighted by Gasteiger charge is 1.94. The number of hydrogen-bond donors (Lipinski definition) is 4. The Balaban J connectivity index is -0.000000239. The maximum absolute atomic E-state index is 8.74. The van der Waals surface area contributed by atoms with Crippen LogP contribution in [-0.4, -0.2) is 90.0 Å². The van der Waals surface area contributed by atoms with Crippen LogP contribution in [0.25, 0.3) is 0 Å². The largest absolute Gasteiger partial charge is 0.395 e. The average molecular weight is 332 g/mol. The van der Waals surface area contributed by atoms with E-state index in [0.29, 0.717) is 0 Å². The van der Waals surface area contributed by atoms with Gasteiger partial charge in [0.05, 0.1) is 13.2 Å². The Morgan fingerprint density at radius 3 is 0.952 bits per heavy atom. The first-order valence-corrected chi connectivity index (χ1v) is 8.45. The van der Waals surface area contributed by atoms with Crippen molar-refractivity contribution < 1.29 is 27.7 Å². The van der Waals surface area contributed by atoms with Crippen molar-refractivity contribution in [1.82, 2.24) is 9.80 Å². The van der Waals surface area contributed by atoms with E-state index in [1.807, 2.05) is 0 Å². The standard InChI is InChI=1S/2C6H15NO.H2O4S/c2*1-3-7(4-2)5-6-8;1-5(2,3)4/h2*8H,3-6H2,1-2H3;(H2,1,2,3,4). The van der Waals surface area contributed by atoms with Crippen LogP contribution in [0.5, 0.6) is 0 Å². The lowest BCUT2D eigenvalue weighted by atomic mass is 10.5.